The Labute approximate surface area is 116 Å². The minimum atomic E-state index is -0.901. The zero-order chi connectivity index (χ0) is 13.8. The largest absolute Gasteiger partial charge is 0.478 e. The first-order valence-electron chi connectivity index (χ1n) is 5.87. The lowest BCUT2D eigenvalue weighted by Crippen LogP contribution is -1.96. The first-order valence-corrected chi connectivity index (χ1v) is 6.86. The molecule has 0 bridgehead atoms. The summed E-state index contributed by atoms with van der Waals surface area (Å²) in [4.78, 5) is 11.9. The van der Waals surface area contributed by atoms with E-state index in [4.69, 9.17) is 10.8 Å². The van der Waals surface area contributed by atoms with Gasteiger partial charge in [0.2, 0.25) is 0 Å². The van der Waals surface area contributed by atoms with Gasteiger partial charge in [0.15, 0.2) is 0 Å². The summed E-state index contributed by atoms with van der Waals surface area (Å²) in [5, 5.41) is 8.94. The number of aromatic carboxylic acids is 1. The second-order valence-electron chi connectivity index (χ2n) is 4.34. The van der Waals surface area contributed by atoms with Gasteiger partial charge < -0.3 is 10.8 Å². The molecule has 0 radical (unpaired) electrons. The predicted octanol–water partition coefficient (Wildman–Crippen LogP) is 3.57. The molecule has 0 aromatic heterocycles. The Morgan fingerprint density at radius 1 is 1.26 bits per heavy atom. The quantitative estimate of drug-likeness (QED) is 0.660. The molecule has 0 fully saturated rings. The lowest BCUT2D eigenvalue weighted by atomic mass is 10.1. The Morgan fingerprint density at radius 2 is 2.05 bits per heavy atom. The highest BCUT2D eigenvalue weighted by atomic mass is 32.2. The SMILES string of the molecule is Cc1ccc(SCc2cccc(C(=O)O)c2)c(N)c1. The van der Waals surface area contributed by atoms with Gasteiger partial charge in [0.1, 0.15) is 0 Å². The van der Waals surface area contributed by atoms with E-state index in [1.807, 2.05) is 31.2 Å². The minimum absolute atomic E-state index is 0.315. The first kappa shape index (κ1) is 13.5. The second-order valence-corrected chi connectivity index (χ2v) is 5.35. The van der Waals surface area contributed by atoms with Crippen molar-refractivity contribution in [2.75, 3.05) is 5.73 Å². The van der Waals surface area contributed by atoms with Crippen molar-refractivity contribution >= 4 is 23.4 Å². The number of carboxylic acid groups (broad SMARTS) is 1. The van der Waals surface area contributed by atoms with Crippen molar-refractivity contribution in [1.29, 1.82) is 0 Å². The van der Waals surface area contributed by atoms with E-state index in [-0.39, 0.29) is 0 Å². The summed E-state index contributed by atoms with van der Waals surface area (Å²) in [5.74, 6) is -0.198. The molecular formula is C15H15NO2S. The molecule has 3 nitrogen and oxygen atoms in total. The van der Waals surface area contributed by atoms with E-state index in [0.717, 1.165) is 21.7 Å². The maximum absolute atomic E-state index is 10.9. The maximum atomic E-state index is 10.9. The van der Waals surface area contributed by atoms with E-state index in [0.29, 0.717) is 11.3 Å². The minimum Gasteiger partial charge on any atom is -0.478 e. The van der Waals surface area contributed by atoms with Crippen molar-refractivity contribution < 1.29 is 9.90 Å². The van der Waals surface area contributed by atoms with Crippen LogP contribution in [0.5, 0.6) is 0 Å². The van der Waals surface area contributed by atoms with E-state index in [9.17, 15) is 4.79 Å². The van der Waals surface area contributed by atoms with Crippen LogP contribution in [0.2, 0.25) is 0 Å². The van der Waals surface area contributed by atoms with E-state index in [2.05, 4.69) is 0 Å². The summed E-state index contributed by atoms with van der Waals surface area (Å²) in [6, 6.07) is 12.9. The van der Waals surface area contributed by atoms with E-state index < -0.39 is 5.97 Å². The Hall–Kier alpha value is -1.94. The van der Waals surface area contributed by atoms with Gasteiger partial charge in [-0.25, -0.2) is 4.79 Å². The van der Waals surface area contributed by atoms with Crippen LogP contribution in [0, 0.1) is 6.92 Å². The van der Waals surface area contributed by atoms with Gasteiger partial charge in [-0.2, -0.15) is 0 Å². The number of rotatable bonds is 4. The van der Waals surface area contributed by atoms with Gasteiger partial charge in [-0.3, -0.25) is 0 Å². The van der Waals surface area contributed by atoms with E-state index in [1.54, 1.807) is 30.0 Å². The van der Waals surface area contributed by atoms with Crippen molar-refractivity contribution in [3.8, 4) is 0 Å². The topological polar surface area (TPSA) is 63.3 Å². The van der Waals surface area contributed by atoms with Crippen molar-refractivity contribution in [2.24, 2.45) is 0 Å². The van der Waals surface area contributed by atoms with Crippen molar-refractivity contribution in [3.63, 3.8) is 0 Å². The zero-order valence-corrected chi connectivity index (χ0v) is 11.4. The smallest absolute Gasteiger partial charge is 0.335 e. The standard InChI is InChI=1S/C15H15NO2S/c1-10-5-6-14(13(16)7-10)19-9-11-3-2-4-12(8-11)15(17)18/h2-8H,9,16H2,1H3,(H,17,18). The average Bonchev–Trinajstić information content (AvgIpc) is 2.38. The number of benzene rings is 2. The van der Waals surface area contributed by atoms with E-state index >= 15 is 0 Å². The molecule has 4 heteroatoms. The van der Waals surface area contributed by atoms with Crippen molar-refractivity contribution in [1.82, 2.24) is 0 Å². The van der Waals surface area contributed by atoms with Crippen molar-refractivity contribution in [3.05, 3.63) is 59.2 Å². The van der Waals surface area contributed by atoms with Crippen LogP contribution >= 0.6 is 11.8 Å². The summed E-state index contributed by atoms with van der Waals surface area (Å²) >= 11 is 1.61. The number of carbonyl (C=O) groups is 1. The fourth-order valence-electron chi connectivity index (χ4n) is 1.75. The Bertz CT molecular complexity index is 611. The van der Waals surface area contributed by atoms with Gasteiger partial charge >= 0.3 is 5.97 Å². The molecule has 2 rings (SSSR count). The van der Waals surface area contributed by atoms with Crippen LogP contribution in [0.3, 0.4) is 0 Å². The number of nitrogen functional groups attached to an aromatic ring is 1. The Balaban J connectivity index is 2.10. The molecule has 98 valence electrons. The third kappa shape index (κ3) is 3.51. The second kappa shape index (κ2) is 5.80. The molecular weight excluding hydrogens is 258 g/mol. The summed E-state index contributed by atoms with van der Waals surface area (Å²) in [6.07, 6.45) is 0. The average molecular weight is 273 g/mol. The summed E-state index contributed by atoms with van der Waals surface area (Å²) < 4.78 is 0. The molecule has 0 saturated carbocycles. The highest BCUT2D eigenvalue weighted by Gasteiger charge is 2.05. The number of aryl methyl sites for hydroxylation is 1. The monoisotopic (exact) mass is 273 g/mol. The molecule has 2 aromatic carbocycles. The fourth-order valence-corrected chi connectivity index (χ4v) is 2.65. The van der Waals surface area contributed by atoms with Gasteiger partial charge in [0.05, 0.1) is 5.56 Å². The summed E-state index contributed by atoms with van der Waals surface area (Å²) in [7, 11) is 0. The number of hydrogen-bond acceptors (Lipinski definition) is 3. The van der Waals surface area contributed by atoms with Crippen LogP contribution < -0.4 is 5.73 Å². The number of hydrogen-bond donors (Lipinski definition) is 2. The van der Waals surface area contributed by atoms with E-state index in [1.165, 1.54) is 0 Å². The predicted molar refractivity (Wildman–Crippen MR) is 78.6 cm³/mol. The molecule has 0 aliphatic carbocycles. The zero-order valence-electron chi connectivity index (χ0n) is 10.6. The fraction of sp³-hybridized carbons (Fsp3) is 0.133. The van der Waals surface area contributed by atoms with Crippen LogP contribution in [0.4, 0.5) is 5.69 Å². The van der Waals surface area contributed by atoms with Gasteiger partial charge in [-0.05, 0) is 42.3 Å². The molecule has 2 aromatic rings. The highest BCUT2D eigenvalue weighted by Crippen LogP contribution is 2.28. The molecule has 0 amide bonds. The lowest BCUT2D eigenvalue weighted by molar-refractivity contribution is 0.0697. The maximum Gasteiger partial charge on any atom is 0.335 e. The molecule has 0 aliphatic rings. The van der Waals surface area contributed by atoms with Crippen LogP contribution in [0.15, 0.2) is 47.4 Å². The third-order valence-corrected chi connectivity index (χ3v) is 3.89. The molecule has 0 atom stereocenters. The summed E-state index contributed by atoms with van der Waals surface area (Å²) in [5.41, 5.74) is 9.14. The lowest BCUT2D eigenvalue weighted by Gasteiger charge is -2.07. The first-order chi connectivity index (χ1) is 9.06. The van der Waals surface area contributed by atoms with Crippen LogP contribution in [0.25, 0.3) is 0 Å². The van der Waals surface area contributed by atoms with Crippen LogP contribution in [-0.2, 0) is 5.75 Å². The number of nitrogens with two attached hydrogens (primary N) is 1. The number of thioether (sulfide) groups is 1. The Morgan fingerprint density at radius 3 is 2.74 bits per heavy atom. The molecule has 0 aliphatic heterocycles. The van der Waals surface area contributed by atoms with Gasteiger partial charge in [-0.15, -0.1) is 11.8 Å². The summed E-state index contributed by atoms with van der Waals surface area (Å²) in [6.45, 7) is 2.00. The molecule has 0 unspecified atom stereocenters. The molecule has 0 saturated heterocycles. The third-order valence-electron chi connectivity index (χ3n) is 2.73. The molecule has 0 heterocycles. The number of carboxylic acids is 1. The highest BCUT2D eigenvalue weighted by molar-refractivity contribution is 7.98. The van der Waals surface area contributed by atoms with Gasteiger partial charge in [0.25, 0.3) is 0 Å². The Kier molecular flexibility index (Phi) is 4.12. The normalized spacial score (nSPS) is 10.4. The molecule has 19 heavy (non-hydrogen) atoms. The molecule has 0 spiro atoms. The van der Waals surface area contributed by atoms with Crippen LogP contribution in [0.1, 0.15) is 21.5 Å². The van der Waals surface area contributed by atoms with Gasteiger partial charge in [-0.1, -0.05) is 18.2 Å². The van der Waals surface area contributed by atoms with Crippen LogP contribution in [-0.4, -0.2) is 11.1 Å². The number of anilines is 1. The van der Waals surface area contributed by atoms with Crippen molar-refractivity contribution in [2.45, 2.75) is 17.6 Å². The molecule has 3 N–H and O–H groups in total. The van der Waals surface area contributed by atoms with Gasteiger partial charge in [0, 0.05) is 16.3 Å².